The van der Waals surface area contributed by atoms with Crippen molar-refractivity contribution in [3.8, 4) is 5.82 Å². The zero-order chi connectivity index (χ0) is 18.1. The van der Waals surface area contributed by atoms with Crippen LogP contribution in [0.15, 0.2) is 29.2 Å². The van der Waals surface area contributed by atoms with E-state index in [2.05, 4.69) is 4.98 Å². The summed E-state index contributed by atoms with van der Waals surface area (Å²) < 4.78 is 1.27. The quantitative estimate of drug-likeness (QED) is 0.911. The van der Waals surface area contributed by atoms with Crippen LogP contribution in [0, 0.1) is 0 Å². The SMILES string of the molecule is CCc1cccc(-n2cc3c(c(C(=O)O)c2=O)CCN(C(C)=O)C3)n1. The van der Waals surface area contributed by atoms with Gasteiger partial charge in [0.1, 0.15) is 11.4 Å². The van der Waals surface area contributed by atoms with Gasteiger partial charge in [0.15, 0.2) is 0 Å². The van der Waals surface area contributed by atoms with Crippen LogP contribution < -0.4 is 5.56 Å². The van der Waals surface area contributed by atoms with Crippen LogP contribution in [-0.2, 0) is 24.2 Å². The summed E-state index contributed by atoms with van der Waals surface area (Å²) >= 11 is 0. The first-order valence-corrected chi connectivity index (χ1v) is 8.15. The van der Waals surface area contributed by atoms with E-state index in [1.807, 2.05) is 13.0 Å². The number of fused-ring (bicyclic) bond motifs is 1. The molecule has 0 saturated heterocycles. The maximum absolute atomic E-state index is 12.8. The second-order valence-electron chi connectivity index (χ2n) is 6.02. The number of carbonyl (C=O) groups is 2. The summed E-state index contributed by atoms with van der Waals surface area (Å²) in [7, 11) is 0. The molecule has 2 aromatic rings. The summed E-state index contributed by atoms with van der Waals surface area (Å²) in [4.78, 5) is 42.2. The van der Waals surface area contributed by atoms with E-state index in [1.54, 1.807) is 23.2 Å². The van der Waals surface area contributed by atoms with Crippen molar-refractivity contribution < 1.29 is 14.7 Å². The maximum atomic E-state index is 12.8. The molecule has 25 heavy (non-hydrogen) atoms. The van der Waals surface area contributed by atoms with E-state index in [9.17, 15) is 19.5 Å². The Morgan fingerprint density at radius 3 is 2.72 bits per heavy atom. The summed E-state index contributed by atoms with van der Waals surface area (Å²) in [6.07, 6.45) is 2.67. The number of nitrogens with zero attached hydrogens (tertiary/aromatic N) is 3. The number of aromatic carboxylic acids is 1. The number of amides is 1. The van der Waals surface area contributed by atoms with Gasteiger partial charge in [0.25, 0.3) is 5.56 Å². The highest BCUT2D eigenvalue weighted by atomic mass is 16.4. The van der Waals surface area contributed by atoms with Crippen molar-refractivity contribution in [1.29, 1.82) is 0 Å². The Morgan fingerprint density at radius 2 is 2.08 bits per heavy atom. The van der Waals surface area contributed by atoms with Crippen molar-refractivity contribution in [3.05, 3.63) is 57.1 Å². The molecule has 1 aliphatic rings. The summed E-state index contributed by atoms with van der Waals surface area (Å²) in [5, 5.41) is 9.55. The molecule has 0 aliphatic carbocycles. The molecule has 0 spiro atoms. The van der Waals surface area contributed by atoms with Crippen LogP contribution in [0.5, 0.6) is 0 Å². The zero-order valence-corrected chi connectivity index (χ0v) is 14.2. The number of carboxylic acids is 1. The van der Waals surface area contributed by atoms with Gasteiger partial charge in [-0.2, -0.15) is 0 Å². The highest BCUT2D eigenvalue weighted by Crippen LogP contribution is 2.22. The Labute approximate surface area is 144 Å². The van der Waals surface area contributed by atoms with Gasteiger partial charge < -0.3 is 10.0 Å². The molecule has 2 aromatic heterocycles. The van der Waals surface area contributed by atoms with Crippen molar-refractivity contribution in [1.82, 2.24) is 14.5 Å². The lowest BCUT2D eigenvalue weighted by molar-refractivity contribution is -0.129. The Hall–Kier alpha value is -2.96. The number of carboxylic acid groups (broad SMARTS) is 1. The van der Waals surface area contributed by atoms with E-state index < -0.39 is 11.5 Å². The molecule has 7 heteroatoms. The van der Waals surface area contributed by atoms with Crippen LogP contribution in [0.3, 0.4) is 0 Å². The number of aromatic nitrogens is 2. The lowest BCUT2D eigenvalue weighted by Gasteiger charge is -2.29. The predicted molar refractivity (Wildman–Crippen MR) is 91.0 cm³/mol. The second-order valence-corrected chi connectivity index (χ2v) is 6.02. The van der Waals surface area contributed by atoms with Gasteiger partial charge in [-0.25, -0.2) is 9.78 Å². The normalized spacial score (nSPS) is 13.4. The predicted octanol–water partition coefficient (Wildman–Crippen LogP) is 1.40. The molecule has 0 fully saturated rings. The third kappa shape index (κ3) is 3.05. The Balaban J connectivity index is 2.22. The number of hydrogen-bond donors (Lipinski definition) is 1. The smallest absolute Gasteiger partial charge is 0.341 e. The van der Waals surface area contributed by atoms with Crippen molar-refractivity contribution in [3.63, 3.8) is 0 Å². The minimum Gasteiger partial charge on any atom is -0.477 e. The second kappa shape index (κ2) is 6.51. The van der Waals surface area contributed by atoms with Gasteiger partial charge in [0, 0.05) is 31.9 Å². The fourth-order valence-corrected chi connectivity index (χ4v) is 3.11. The third-order valence-electron chi connectivity index (χ3n) is 4.46. The fourth-order valence-electron chi connectivity index (χ4n) is 3.11. The van der Waals surface area contributed by atoms with Gasteiger partial charge >= 0.3 is 5.97 Å². The summed E-state index contributed by atoms with van der Waals surface area (Å²) in [5.41, 5.74) is 1.16. The molecule has 0 aromatic carbocycles. The van der Waals surface area contributed by atoms with Gasteiger partial charge in [-0.05, 0) is 36.1 Å². The van der Waals surface area contributed by atoms with Crippen LogP contribution in [0.1, 0.15) is 41.0 Å². The maximum Gasteiger partial charge on any atom is 0.341 e. The van der Waals surface area contributed by atoms with Crippen LogP contribution in [-0.4, -0.2) is 38.0 Å². The first-order valence-electron chi connectivity index (χ1n) is 8.15. The van der Waals surface area contributed by atoms with Crippen LogP contribution in [0.25, 0.3) is 5.82 Å². The van der Waals surface area contributed by atoms with E-state index in [0.29, 0.717) is 42.9 Å². The molecular weight excluding hydrogens is 322 g/mol. The standard InChI is InChI=1S/C18H19N3O4/c1-3-13-5-4-6-15(19-13)21-10-12-9-20(11(2)22)8-7-14(12)16(17(21)23)18(24)25/h4-6,10H,3,7-9H2,1-2H3,(H,24,25). The highest BCUT2D eigenvalue weighted by molar-refractivity contribution is 5.89. The summed E-state index contributed by atoms with van der Waals surface area (Å²) in [5.74, 6) is -0.945. The third-order valence-corrected chi connectivity index (χ3v) is 4.46. The van der Waals surface area contributed by atoms with Gasteiger partial charge in [-0.1, -0.05) is 13.0 Å². The molecule has 0 unspecified atom stereocenters. The van der Waals surface area contributed by atoms with Crippen LogP contribution in [0.2, 0.25) is 0 Å². The van der Waals surface area contributed by atoms with Gasteiger partial charge in [0.05, 0.1) is 0 Å². The van der Waals surface area contributed by atoms with Crippen LogP contribution >= 0.6 is 0 Å². The van der Waals surface area contributed by atoms with Crippen molar-refractivity contribution in [2.45, 2.75) is 33.2 Å². The molecule has 0 bridgehead atoms. The molecule has 7 nitrogen and oxygen atoms in total. The van der Waals surface area contributed by atoms with Gasteiger partial charge in [-0.15, -0.1) is 0 Å². The van der Waals surface area contributed by atoms with E-state index in [0.717, 1.165) is 5.69 Å². The average Bonchev–Trinajstić information content (AvgIpc) is 2.60. The van der Waals surface area contributed by atoms with Crippen molar-refractivity contribution in [2.75, 3.05) is 6.54 Å². The number of rotatable bonds is 3. The lowest BCUT2D eigenvalue weighted by Crippen LogP contribution is -2.38. The minimum absolute atomic E-state index is 0.0774. The van der Waals surface area contributed by atoms with Crippen LogP contribution in [0.4, 0.5) is 0 Å². The molecule has 0 saturated carbocycles. The summed E-state index contributed by atoms with van der Waals surface area (Å²) in [6.45, 7) is 4.13. The van der Waals surface area contributed by atoms with E-state index >= 15 is 0 Å². The van der Waals surface area contributed by atoms with E-state index in [1.165, 1.54) is 11.5 Å². The molecule has 0 atom stereocenters. The first-order chi connectivity index (χ1) is 11.9. The Bertz CT molecular complexity index is 917. The van der Waals surface area contributed by atoms with E-state index in [-0.39, 0.29) is 11.5 Å². The van der Waals surface area contributed by atoms with Gasteiger partial charge in [-0.3, -0.25) is 14.2 Å². The average molecular weight is 341 g/mol. The number of hydrogen-bond acceptors (Lipinski definition) is 4. The molecule has 1 N–H and O–H groups in total. The molecule has 1 aliphatic heterocycles. The molecule has 130 valence electrons. The lowest BCUT2D eigenvalue weighted by atomic mass is 9.96. The number of pyridine rings is 2. The molecule has 3 heterocycles. The fraction of sp³-hybridized carbons (Fsp3) is 0.333. The zero-order valence-electron chi connectivity index (χ0n) is 14.2. The minimum atomic E-state index is -1.25. The number of aryl methyl sites for hydroxylation is 1. The van der Waals surface area contributed by atoms with Crippen molar-refractivity contribution in [2.24, 2.45) is 0 Å². The first kappa shape index (κ1) is 16.9. The molecule has 3 rings (SSSR count). The van der Waals surface area contributed by atoms with Gasteiger partial charge in [0.2, 0.25) is 5.91 Å². The number of carbonyl (C=O) groups excluding carboxylic acids is 1. The summed E-state index contributed by atoms with van der Waals surface area (Å²) in [6, 6.07) is 5.31. The Morgan fingerprint density at radius 1 is 1.32 bits per heavy atom. The monoisotopic (exact) mass is 341 g/mol. The molecular formula is C18H19N3O4. The van der Waals surface area contributed by atoms with Crippen molar-refractivity contribution >= 4 is 11.9 Å². The molecule has 0 radical (unpaired) electrons. The van der Waals surface area contributed by atoms with E-state index in [4.69, 9.17) is 0 Å². The Kier molecular flexibility index (Phi) is 4.39. The topological polar surface area (TPSA) is 92.5 Å². The highest BCUT2D eigenvalue weighted by Gasteiger charge is 2.27. The largest absolute Gasteiger partial charge is 0.477 e. The molecule has 1 amide bonds.